The average Bonchev–Trinajstić information content (AvgIpc) is 3.19. The summed E-state index contributed by atoms with van der Waals surface area (Å²) in [4.78, 5) is 42.3. The number of benzene rings is 1. The molecule has 1 fully saturated rings. The molecule has 2 aliphatic rings. The zero-order valence-corrected chi connectivity index (χ0v) is 18.1. The van der Waals surface area contributed by atoms with E-state index in [2.05, 4.69) is 25.8 Å². The van der Waals surface area contributed by atoms with E-state index in [4.69, 9.17) is 0 Å². The molecule has 4 N–H and O–H groups in total. The fourth-order valence-corrected chi connectivity index (χ4v) is 5.63. The first-order valence-corrected chi connectivity index (χ1v) is 11.5. The second-order valence-electron chi connectivity index (χ2n) is 6.95. The number of amides is 3. The van der Waals surface area contributed by atoms with Gasteiger partial charge in [-0.25, -0.2) is 14.6 Å². The Kier molecular flexibility index (Phi) is 6.18. The normalized spacial score (nSPS) is 20.2. The maximum Gasteiger partial charge on any atom is 0.352 e. The minimum absolute atomic E-state index is 0.0174. The standard InChI is InChI=1S/C19H20N6O4S2/c1-10-21-19(24-23-10)31-9-12-8-30-16-13(15(26)25(16)14(12)17(27)28)22-18(29)20-7-11-5-3-2-4-6-11/h2-6,13,16H,7-9H2,1H3,(H,27,28)(H2,20,22,29)(H,21,23,24)/t13?,16-/m1/s1. The summed E-state index contributed by atoms with van der Waals surface area (Å²) in [6, 6.07) is 8.18. The van der Waals surface area contributed by atoms with Crippen molar-refractivity contribution in [1.29, 1.82) is 0 Å². The molecule has 1 aromatic heterocycles. The minimum Gasteiger partial charge on any atom is -0.477 e. The van der Waals surface area contributed by atoms with Gasteiger partial charge in [0.05, 0.1) is 0 Å². The lowest BCUT2D eigenvalue weighted by Gasteiger charge is -2.49. The molecule has 0 bridgehead atoms. The summed E-state index contributed by atoms with van der Waals surface area (Å²) in [5.41, 5.74) is 1.55. The van der Waals surface area contributed by atoms with Crippen LogP contribution < -0.4 is 10.6 Å². The van der Waals surface area contributed by atoms with Gasteiger partial charge in [0.2, 0.25) is 5.16 Å². The van der Waals surface area contributed by atoms with E-state index >= 15 is 0 Å². The molecule has 31 heavy (non-hydrogen) atoms. The molecule has 1 saturated heterocycles. The number of aliphatic carboxylic acids is 1. The molecule has 0 spiro atoms. The van der Waals surface area contributed by atoms with Crippen LogP contribution >= 0.6 is 23.5 Å². The van der Waals surface area contributed by atoms with Gasteiger partial charge in [-0.1, -0.05) is 42.1 Å². The smallest absolute Gasteiger partial charge is 0.352 e. The number of carboxylic acids is 1. The van der Waals surface area contributed by atoms with Gasteiger partial charge in [-0.05, 0) is 18.1 Å². The largest absolute Gasteiger partial charge is 0.477 e. The van der Waals surface area contributed by atoms with Gasteiger partial charge in [0.1, 0.15) is 22.9 Å². The van der Waals surface area contributed by atoms with Crippen molar-refractivity contribution in [2.75, 3.05) is 11.5 Å². The van der Waals surface area contributed by atoms with Crippen LogP contribution in [-0.2, 0) is 16.1 Å². The number of β-lactam (4-membered cyclic amide) rings is 1. The molecule has 1 unspecified atom stereocenters. The number of nitrogens with one attached hydrogen (secondary N) is 3. The van der Waals surface area contributed by atoms with E-state index in [1.807, 2.05) is 30.3 Å². The summed E-state index contributed by atoms with van der Waals surface area (Å²) in [6.45, 7) is 2.11. The number of urea groups is 1. The molecule has 0 radical (unpaired) electrons. The second kappa shape index (κ2) is 9.02. The van der Waals surface area contributed by atoms with Gasteiger partial charge in [0.25, 0.3) is 5.91 Å². The highest BCUT2D eigenvalue weighted by molar-refractivity contribution is 8.01. The predicted octanol–water partition coefficient (Wildman–Crippen LogP) is 1.33. The van der Waals surface area contributed by atoms with E-state index < -0.39 is 29.3 Å². The molecule has 0 aliphatic carbocycles. The summed E-state index contributed by atoms with van der Waals surface area (Å²) < 4.78 is 0. The third-order valence-corrected chi connectivity index (χ3v) is 7.06. The summed E-state index contributed by atoms with van der Waals surface area (Å²) >= 11 is 2.74. The van der Waals surface area contributed by atoms with Crippen LogP contribution in [0.25, 0.3) is 0 Å². The SMILES string of the molecule is Cc1nc(SCC2=C(C(=O)O)N3C(=O)C(NC(=O)NCc4ccccc4)[C@H]3SC2)n[nH]1. The van der Waals surface area contributed by atoms with Crippen molar-refractivity contribution in [3.05, 3.63) is 53.0 Å². The number of fused-ring (bicyclic) bond motifs is 1. The first-order chi connectivity index (χ1) is 14.9. The van der Waals surface area contributed by atoms with Crippen LogP contribution in [0.15, 0.2) is 46.8 Å². The number of aromatic amines is 1. The minimum atomic E-state index is -1.16. The highest BCUT2D eigenvalue weighted by atomic mass is 32.2. The van der Waals surface area contributed by atoms with Crippen molar-refractivity contribution in [3.8, 4) is 0 Å². The van der Waals surface area contributed by atoms with E-state index in [-0.39, 0.29) is 5.70 Å². The van der Waals surface area contributed by atoms with Crippen LogP contribution in [0.1, 0.15) is 11.4 Å². The highest BCUT2D eigenvalue weighted by Crippen LogP contribution is 2.41. The first kappa shape index (κ1) is 21.2. The fraction of sp³-hybridized carbons (Fsp3) is 0.316. The number of aromatic nitrogens is 3. The molecular weight excluding hydrogens is 440 g/mol. The van der Waals surface area contributed by atoms with Crippen LogP contribution in [0, 0.1) is 6.92 Å². The predicted molar refractivity (Wildman–Crippen MR) is 115 cm³/mol. The summed E-state index contributed by atoms with van der Waals surface area (Å²) in [5, 5.41) is 22.0. The molecule has 2 aromatic rings. The molecule has 2 aliphatic heterocycles. The molecule has 4 rings (SSSR count). The number of carbonyl (C=O) groups excluding carboxylic acids is 2. The van der Waals surface area contributed by atoms with Gasteiger partial charge in [0, 0.05) is 18.1 Å². The number of rotatable bonds is 7. The Morgan fingerprint density at radius 2 is 2.13 bits per heavy atom. The summed E-state index contributed by atoms with van der Waals surface area (Å²) in [6.07, 6.45) is 0. The number of hydrogen-bond donors (Lipinski definition) is 4. The third kappa shape index (κ3) is 4.54. The van der Waals surface area contributed by atoms with Crippen LogP contribution in [0.4, 0.5) is 4.79 Å². The lowest BCUT2D eigenvalue weighted by atomic mass is 10.0. The Bertz CT molecular complexity index is 1040. The number of H-pyrrole nitrogens is 1. The van der Waals surface area contributed by atoms with Crippen LogP contribution in [-0.4, -0.2) is 66.0 Å². The summed E-state index contributed by atoms with van der Waals surface area (Å²) in [5.74, 6) is -0.118. The third-order valence-electron chi connectivity index (χ3n) is 4.78. The number of hydrogen-bond acceptors (Lipinski definition) is 7. The van der Waals surface area contributed by atoms with Gasteiger partial charge in [-0.15, -0.1) is 16.9 Å². The molecule has 1 aromatic carbocycles. The lowest BCUT2D eigenvalue weighted by molar-refractivity contribution is -0.148. The van der Waals surface area contributed by atoms with Crippen LogP contribution in [0.5, 0.6) is 0 Å². The van der Waals surface area contributed by atoms with Crippen molar-refractivity contribution < 1.29 is 19.5 Å². The Morgan fingerprint density at radius 1 is 1.35 bits per heavy atom. The number of carboxylic acid groups (broad SMARTS) is 1. The van der Waals surface area contributed by atoms with E-state index in [1.54, 1.807) is 6.92 Å². The Balaban J connectivity index is 1.38. The summed E-state index contributed by atoms with van der Waals surface area (Å²) in [7, 11) is 0. The van der Waals surface area contributed by atoms with E-state index in [9.17, 15) is 19.5 Å². The number of nitrogens with zero attached hydrogens (tertiary/aromatic N) is 3. The number of thioether (sulfide) groups is 2. The van der Waals surface area contributed by atoms with Crippen LogP contribution in [0.2, 0.25) is 0 Å². The van der Waals surface area contributed by atoms with Gasteiger partial charge in [-0.2, -0.15) is 0 Å². The average molecular weight is 461 g/mol. The van der Waals surface area contributed by atoms with Crippen molar-refractivity contribution in [1.82, 2.24) is 30.7 Å². The van der Waals surface area contributed by atoms with Crippen LogP contribution in [0.3, 0.4) is 0 Å². The number of aryl methyl sites for hydroxylation is 1. The molecule has 12 heteroatoms. The van der Waals surface area contributed by atoms with E-state index in [0.29, 0.717) is 34.6 Å². The highest BCUT2D eigenvalue weighted by Gasteiger charge is 2.54. The molecule has 2 atom stereocenters. The maximum atomic E-state index is 12.7. The lowest BCUT2D eigenvalue weighted by Crippen LogP contribution is -2.71. The first-order valence-electron chi connectivity index (χ1n) is 9.44. The Hall–Kier alpha value is -2.99. The van der Waals surface area contributed by atoms with Crippen molar-refractivity contribution in [3.63, 3.8) is 0 Å². The van der Waals surface area contributed by atoms with Gasteiger partial charge in [-0.3, -0.25) is 14.8 Å². The fourth-order valence-electron chi connectivity index (χ4n) is 3.30. The molecule has 3 amide bonds. The zero-order valence-electron chi connectivity index (χ0n) is 16.5. The van der Waals surface area contributed by atoms with Crippen molar-refractivity contribution in [2.45, 2.75) is 30.0 Å². The molecule has 3 heterocycles. The molecule has 162 valence electrons. The molecule has 10 nitrogen and oxygen atoms in total. The Morgan fingerprint density at radius 3 is 2.81 bits per heavy atom. The monoisotopic (exact) mass is 460 g/mol. The topological polar surface area (TPSA) is 140 Å². The van der Waals surface area contributed by atoms with Crippen molar-refractivity contribution in [2.24, 2.45) is 0 Å². The van der Waals surface area contributed by atoms with Gasteiger partial charge >= 0.3 is 12.0 Å². The Labute approximate surface area is 186 Å². The van der Waals surface area contributed by atoms with E-state index in [0.717, 1.165) is 5.56 Å². The number of carbonyl (C=O) groups is 3. The molecular formula is C19H20N6O4S2. The van der Waals surface area contributed by atoms with E-state index in [1.165, 1.54) is 28.4 Å². The van der Waals surface area contributed by atoms with Gasteiger partial charge < -0.3 is 15.7 Å². The second-order valence-corrected chi connectivity index (χ2v) is 9.00. The van der Waals surface area contributed by atoms with Gasteiger partial charge in [0.15, 0.2) is 0 Å². The zero-order chi connectivity index (χ0) is 22.0. The maximum absolute atomic E-state index is 12.7. The molecule has 0 saturated carbocycles. The quantitative estimate of drug-likeness (QED) is 0.358. The van der Waals surface area contributed by atoms with Crippen molar-refractivity contribution >= 4 is 41.4 Å².